The molecule has 7 nitrogen and oxygen atoms in total. The molecule has 0 aliphatic heterocycles. The SMILES string of the molecule is Cc1ccc(N=Cc2nc(-c3ccc([N+](=O)[O-])cc3)oc2O)c(C)c1. The van der Waals surface area contributed by atoms with Gasteiger partial charge in [0.05, 0.1) is 16.8 Å². The fourth-order valence-electron chi connectivity index (χ4n) is 2.34. The van der Waals surface area contributed by atoms with E-state index in [1.807, 2.05) is 32.0 Å². The number of hydrogen-bond donors (Lipinski definition) is 1. The van der Waals surface area contributed by atoms with Crippen molar-refractivity contribution in [2.45, 2.75) is 13.8 Å². The number of nitro groups is 1. The van der Waals surface area contributed by atoms with Crippen LogP contribution in [0.15, 0.2) is 51.9 Å². The number of oxazole rings is 1. The molecular weight excluding hydrogens is 322 g/mol. The lowest BCUT2D eigenvalue weighted by molar-refractivity contribution is -0.384. The number of aromatic nitrogens is 1. The minimum atomic E-state index is -0.487. The molecule has 1 heterocycles. The molecule has 1 aromatic heterocycles. The van der Waals surface area contributed by atoms with E-state index >= 15 is 0 Å². The van der Waals surface area contributed by atoms with Gasteiger partial charge in [-0.1, -0.05) is 17.7 Å². The van der Waals surface area contributed by atoms with Crippen molar-refractivity contribution >= 4 is 17.6 Å². The Morgan fingerprint density at radius 1 is 1.20 bits per heavy atom. The van der Waals surface area contributed by atoms with Crippen molar-refractivity contribution in [2.75, 3.05) is 0 Å². The zero-order valence-corrected chi connectivity index (χ0v) is 13.6. The second-order valence-electron chi connectivity index (χ2n) is 5.56. The zero-order valence-electron chi connectivity index (χ0n) is 13.6. The van der Waals surface area contributed by atoms with Crippen LogP contribution in [0.1, 0.15) is 16.8 Å². The summed E-state index contributed by atoms with van der Waals surface area (Å²) in [7, 11) is 0. The van der Waals surface area contributed by atoms with E-state index in [1.54, 1.807) is 0 Å². The predicted octanol–water partition coefficient (Wildman–Crippen LogP) is 4.32. The van der Waals surface area contributed by atoms with Gasteiger partial charge in [-0.15, -0.1) is 0 Å². The van der Waals surface area contributed by atoms with Crippen molar-refractivity contribution in [3.05, 3.63) is 69.4 Å². The van der Waals surface area contributed by atoms with Crippen LogP contribution in [0.25, 0.3) is 11.5 Å². The zero-order chi connectivity index (χ0) is 18.0. The molecule has 0 radical (unpaired) electrons. The molecule has 0 bridgehead atoms. The van der Waals surface area contributed by atoms with Crippen LogP contribution in [0.5, 0.6) is 5.95 Å². The average molecular weight is 337 g/mol. The van der Waals surface area contributed by atoms with Crippen LogP contribution in [0.4, 0.5) is 11.4 Å². The normalized spacial score (nSPS) is 11.1. The molecule has 2 aromatic carbocycles. The Morgan fingerprint density at radius 3 is 2.56 bits per heavy atom. The van der Waals surface area contributed by atoms with Crippen molar-refractivity contribution < 1.29 is 14.4 Å². The molecule has 126 valence electrons. The van der Waals surface area contributed by atoms with Crippen LogP contribution in [0.2, 0.25) is 0 Å². The lowest BCUT2D eigenvalue weighted by atomic mass is 10.1. The number of non-ortho nitro benzene ring substituents is 1. The van der Waals surface area contributed by atoms with Gasteiger partial charge in [0.25, 0.3) is 5.69 Å². The van der Waals surface area contributed by atoms with E-state index in [2.05, 4.69) is 9.98 Å². The number of aliphatic imine (C=N–C) groups is 1. The van der Waals surface area contributed by atoms with Crippen LogP contribution >= 0.6 is 0 Å². The van der Waals surface area contributed by atoms with Crippen molar-refractivity contribution in [1.29, 1.82) is 0 Å². The van der Waals surface area contributed by atoms with E-state index in [-0.39, 0.29) is 23.2 Å². The Morgan fingerprint density at radius 2 is 1.92 bits per heavy atom. The number of benzene rings is 2. The van der Waals surface area contributed by atoms with Gasteiger partial charge in [-0.2, -0.15) is 0 Å². The van der Waals surface area contributed by atoms with E-state index < -0.39 is 4.92 Å². The van der Waals surface area contributed by atoms with Crippen LogP contribution in [0, 0.1) is 24.0 Å². The molecule has 0 aliphatic rings. The third-order valence-electron chi connectivity index (χ3n) is 3.64. The first kappa shape index (κ1) is 16.4. The van der Waals surface area contributed by atoms with E-state index in [0.29, 0.717) is 5.56 Å². The molecule has 3 aromatic rings. The van der Waals surface area contributed by atoms with Crippen LogP contribution in [-0.2, 0) is 0 Å². The number of aryl methyl sites for hydroxylation is 2. The molecule has 0 atom stereocenters. The standard InChI is InChI=1S/C18H15N3O4/c1-11-3-8-15(12(2)9-11)19-10-16-18(22)25-17(20-16)13-4-6-14(7-5-13)21(23)24/h3-10,22H,1-2H3. The number of hydrogen-bond acceptors (Lipinski definition) is 6. The number of nitro benzene ring substituents is 1. The number of aromatic hydroxyl groups is 1. The Kier molecular flexibility index (Phi) is 4.30. The van der Waals surface area contributed by atoms with Crippen molar-refractivity contribution in [3.8, 4) is 17.4 Å². The fourth-order valence-corrected chi connectivity index (χ4v) is 2.34. The topological polar surface area (TPSA) is 102 Å². The summed E-state index contributed by atoms with van der Waals surface area (Å²) < 4.78 is 5.22. The second-order valence-corrected chi connectivity index (χ2v) is 5.56. The third-order valence-corrected chi connectivity index (χ3v) is 3.64. The van der Waals surface area contributed by atoms with Gasteiger partial charge in [0.2, 0.25) is 5.89 Å². The molecule has 0 unspecified atom stereocenters. The maximum Gasteiger partial charge on any atom is 0.312 e. The summed E-state index contributed by atoms with van der Waals surface area (Å²) in [6.45, 7) is 3.95. The fraction of sp³-hybridized carbons (Fsp3) is 0.111. The van der Waals surface area contributed by atoms with Crippen LogP contribution in [0.3, 0.4) is 0 Å². The molecule has 7 heteroatoms. The van der Waals surface area contributed by atoms with Gasteiger partial charge in [-0.3, -0.25) is 15.1 Å². The highest BCUT2D eigenvalue weighted by atomic mass is 16.6. The lowest BCUT2D eigenvalue weighted by Crippen LogP contribution is -1.87. The monoisotopic (exact) mass is 337 g/mol. The summed E-state index contributed by atoms with van der Waals surface area (Å²) in [5.41, 5.74) is 3.59. The largest absolute Gasteiger partial charge is 0.479 e. The van der Waals surface area contributed by atoms with Gasteiger partial charge in [-0.05, 0) is 37.6 Å². The van der Waals surface area contributed by atoms with Gasteiger partial charge < -0.3 is 9.52 Å². The van der Waals surface area contributed by atoms with Gasteiger partial charge >= 0.3 is 5.95 Å². The highest BCUT2D eigenvalue weighted by Gasteiger charge is 2.14. The maximum atomic E-state index is 10.7. The van der Waals surface area contributed by atoms with Gasteiger partial charge in [0, 0.05) is 17.7 Å². The minimum Gasteiger partial charge on any atom is -0.479 e. The minimum absolute atomic E-state index is 0.0313. The molecule has 25 heavy (non-hydrogen) atoms. The van der Waals surface area contributed by atoms with E-state index in [1.165, 1.54) is 30.5 Å². The first-order valence-electron chi connectivity index (χ1n) is 7.50. The number of rotatable bonds is 4. The third kappa shape index (κ3) is 3.55. The van der Waals surface area contributed by atoms with Crippen molar-refractivity contribution in [1.82, 2.24) is 4.98 Å². The summed E-state index contributed by atoms with van der Waals surface area (Å²) >= 11 is 0. The van der Waals surface area contributed by atoms with Crippen molar-refractivity contribution in [2.24, 2.45) is 4.99 Å². The van der Waals surface area contributed by atoms with E-state index in [4.69, 9.17) is 4.42 Å². The highest BCUT2D eigenvalue weighted by Crippen LogP contribution is 2.27. The second kappa shape index (κ2) is 6.56. The Balaban J connectivity index is 1.87. The average Bonchev–Trinajstić information content (AvgIpc) is 2.95. The van der Waals surface area contributed by atoms with Crippen LogP contribution < -0.4 is 0 Å². The van der Waals surface area contributed by atoms with Gasteiger partial charge in [-0.25, -0.2) is 4.98 Å². The molecule has 0 spiro atoms. The molecular formula is C18H15N3O4. The molecule has 0 fully saturated rings. The highest BCUT2D eigenvalue weighted by molar-refractivity contribution is 5.83. The van der Waals surface area contributed by atoms with Gasteiger partial charge in [0.15, 0.2) is 5.69 Å². The quantitative estimate of drug-likeness (QED) is 0.434. The molecule has 0 aliphatic carbocycles. The Hall–Kier alpha value is -3.48. The maximum absolute atomic E-state index is 10.7. The van der Waals surface area contributed by atoms with Crippen molar-refractivity contribution in [3.63, 3.8) is 0 Å². The summed E-state index contributed by atoms with van der Waals surface area (Å²) in [5, 5.41) is 20.6. The van der Waals surface area contributed by atoms with E-state index in [0.717, 1.165) is 16.8 Å². The summed E-state index contributed by atoms with van der Waals surface area (Å²) in [4.78, 5) is 18.7. The molecule has 1 N–H and O–H groups in total. The lowest BCUT2D eigenvalue weighted by Gasteiger charge is -2.00. The molecule has 0 amide bonds. The summed E-state index contributed by atoms with van der Waals surface area (Å²) in [6.07, 6.45) is 1.42. The predicted molar refractivity (Wildman–Crippen MR) is 93.4 cm³/mol. The smallest absolute Gasteiger partial charge is 0.312 e. The summed E-state index contributed by atoms with van der Waals surface area (Å²) in [6, 6.07) is 11.6. The molecule has 3 rings (SSSR count). The number of nitrogens with zero attached hydrogens (tertiary/aromatic N) is 3. The Labute approximate surface area is 143 Å². The first-order valence-corrected chi connectivity index (χ1v) is 7.50. The Bertz CT molecular complexity index is 959. The molecule has 0 saturated carbocycles. The molecule has 0 saturated heterocycles. The van der Waals surface area contributed by atoms with Gasteiger partial charge in [0.1, 0.15) is 0 Å². The van der Waals surface area contributed by atoms with E-state index in [9.17, 15) is 15.2 Å². The summed E-state index contributed by atoms with van der Waals surface area (Å²) in [5.74, 6) is -0.198. The van der Waals surface area contributed by atoms with Crippen LogP contribution in [-0.4, -0.2) is 21.2 Å². The first-order chi connectivity index (χ1) is 11.9.